The molecule has 6 nitrogen and oxygen atoms in total. The number of nitrogens with zero attached hydrogens (tertiary/aromatic N) is 4. The number of rotatable bonds is 5. The summed E-state index contributed by atoms with van der Waals surface area (Å²) in [5.74, 6) is -0.139. The van der Waals surface area contributed by atoms with Crippen molar-refractivity contribution < 1.29 is 4.79 Å². The number of amides is 1. The molecular weight excluding hydrogens is 322 g/mol. The van der Waals surface area contributed by atoms with E-state index in [1.165, 1.54) is 16.6 Å². The van der Waals surface area contributed by atoms with E-state index in [0.29, 0.717) is 0 Å². The topological polar surface area (TPSA) is 83.6 Å². The maximum atomic E-state index is 12.4. The number of benzene rings is 1. The molecule has 0 aliphatic carbocycles. The quantitative estimate of drug-likeness (QED) is 0.775. The van der Waals surface area contributed by atoms with Gasteiger partial charge in [-0.3, -0.25) is 4.79 Å². The predicted octanol–water partition coefficient (Wildman–Crippen LogP) is 2.43. The SMILES string of the molecule is Cc1ccc([C@@H](NC(=O)Cn2cnc(C#N)n2)c2cccs2)cc1. The third-order valence-corrected chi connectivity index (χ3v) is 4.42. The average molecular weight is 337 g/mol. The minimum absolute atomic E-state index is 0.0163. The lowest BCUT2D eigenvalue weighted by Crippen LogP contribution is -2.32. The minimum atomic E-state index is -0.211. The molecule has 0 radical (unpaired) electrons. The standard InChI is InChI=1S/C17H15N5OS/c1-12-4-6-13(7-5-12)17(14-3-2-8-24-14)20-16(23)10-22-11-19-15(9-18)21-22/h2-8,11,17H,10H2,1H3,(H,20,23)/t17-/m1/s1. The number of hydrogen-bond acceptors (Lipinski definition) is 5. The van der Waals surface area contributed by atoms with Gasteiger partial charge < -0.3 is 5.32 Å². The molecule has 0 saturated heterocycles. The number of aryl methyl sites for hydroxylation is 1. The van der Waals surface area contributed by atoms with Crippen molar-refractivity contribution in [2.24, 2.45) is 0 Å². The second kappa shape index (κ2) is 7.06. The lowest BCUT2D eigenvalue weighted by atomic mass is 10.0. The van der Waals surface area contributed by atoms with Crippen LogP contribution in [0.5, 0.6) is 0 Å². The van der Waals surface area contributed by atoms with Crippen LogP contribution in [-0.2, 0) is 11.3 Å². The summed E-state index contributed by atoms with van der Waals surface area (Å²) in [6.45, 7) is 2.04. The van der Waals surface area contributed by atoms with Crippen LogP contribution < -0.4 is 5.32 Å². The van der Waals surface area contributed by atoms with E-state index < -0.39 is 0 Å². The van der Waals surface area contributed by atoms with Crippen LogP contribution in [0.1, 0.15) is 27.9 Å². The zero-order valence-corrected chi connectivity index (χ0v) is 13.8. The van der Waals surface area contributed by atoms with Crippen LogP contribution >= 0.6 is 11.3 Å². The molecule has 0 fully saturated rings. The third kappa shape index (κ3) is 3.67. The van der Waals surface area contributed by atoms with Crippen molar-refractivity contribution >= 4 is 17.2 Å². The Labute approximate surface area is 143 Å². The number of hydrogen-bond donors (Lipinski definition) is 1. The fourth-order valence-electron chi connectivity index (χ4n) is 2.31. The first kappa shape index (κ1) is 15.9. The van der Waals surface area contributed by atoms with E-state index >= 15 is 0 Å². The van der Waals surface area contributed by atoms with Gasteiger partial charge in [0.25, 0.3) is 5.82 Å². The fraction of sp³-hybridized carbons (Fsp3) is 0.176. The maximum absolute atomic E-state index is 12.4. The zero-order chi connectivity index (χ0) is 16.9. The van der Waals surface area contributed by atoms with Gasteiger partial charge >= 0.3 is 0 Å². The first-order chi connectivity index (χ1) is 11.7. The molecule has 1 aromatic carbocycles. The second-order valence-corrected chi connectivity index (χ2v) is 6.28. The number of nitrogens with one attached hydrogen (secondary N) is 1. The molecule has 0 unspecified atom stereocenters. The molecule has 120 valence electrons. The van der Waals surface area contributed by atoms with Crippen LogP contribution in [0.4, 0.5) is 0 Å². The molecule has 3 rings (SSSR count). The predicted molar refractivity (Wildman–Crippen MR) is 90.2 cm³/mol. The van der Waals surface area contributed by atoms with Gasteiger partial charge in [0.2, 0.25) is 5.91 Å². The largest absolute Gasteiger partial charge is 0.343 e. The van der Waals surface area contributed by atoms with Gasteiger partial charge in [0, 0.05) is 4.88 Å². The van der Waals surface area contributed by atoms with Crippen molar-refractivity contribution in [2.75, 3.05) is 0 Å². The number of nitriles is 1. The molecule has 1 N–H and O–H groups in total. The molecule has 2 heterocycles. The smallest absolute Gasteiger partial charge is 0.252 e. The summed E-state index contributed by atoms with van der Waals surface area (Å²) in [4.78, 5) is 17.2. The Balaban J connectivity index is 1.78. The molecular formula is C17H15N5OS. The molecule has 24 heavy (non-hydrogen) atoms. The lowest BCUT2D eigenvalue weighted by molar-refractivity contribution is -0.122. The van der Waals surface area contributed by atoms with Crippen LogP contribution in [-0.4, -0.2) is 20.7 Å². The van der Waals surface area contributed by atoms with Crippen molar-refractivity contribution in [3.8, 4) is 6.07 Å². The van der Waals surface area contributed by atoms with Crippen molar-refractivity contribution in [2.45, 2.75) is 19.5 Å². The Kier molecular flexibility index (Phi) is 4.68. The molecule has 0 aliphatic heterocycles. The Morgan fingerprint density at radius 1 is 1.38 bits per heavy atom. The molecule has 3 aromatic rings. The molecule has 0 bridgehead atoms. The highest BCUT2D eigenvalue weighted by molar-refractivity contribution is 7.10. The highest BCUT2D eigenvalue weighted by atomic mass is 32.1. The van der Waals surface area contributed by atoms with E-state index in [1.54, 1.807) is 11.3 Å². The summed E-state index contributed by atoms with van der Waals surface area (Å²) in [6, 6.07) is 13.7. The third-order valence-electron chi connectivity index (χ3n) is 3.49. The first-order valence-electron chi connectivity index (χ1n) is 7.34. The van der Waals surface area contributed by atoms with Crippen LogP contribution in [0.25, 0.3) is 0 Å². The van der Waals surface area contributed by atoms with Crippen LogP contribution in [0.15, 0.2) is 48.1 Å². The van der Waals surface area contributed by atoms with E-state index in [4.69, 9.17) is 5.26 Å². The zero-order valence-electron chi connectivity index (χ0n) is 13.0. The van der Waals surface area contributed by atoms with Crippen molar-refractivity contribution in [3.05, 3.63) is 69.9 Å². The molecule has 1 amide bonds. The lowest BCUT2D eigenvalue weighted by Gasteiger charge is -2.18. The molecule has 0 saturated carbocycles. The highest BCUT2D eigenvalue weighted by Gasteiger charge is 2.18. The van der Waals surface area contributed by atoms with E-state index in [0.717, 1.165) is 10.4 Å². The molecule has 0 spiro atoms. The Hall–Kier alpha value is -2.98. The molecule has 7 heteroatoms. The number of thiophene rings is 1. The van der Waals surface area contributed by atoms with E-state index in [-0.39, 0.29) is 24.3 Å². The summed E-state index contributed by atoms with van der Waals surface area (Å²) in [6.07, 6.45) is 1.38. The molecule has 2 aromatic heterocycles. The second-order valence-electron chi connectivity index (χ2n) is 5.30. The highest BCUT2D eigenvalue weighted by Crippen LogP contribution is 2.26. The van der Waals surface area contributed by atoms with Crippen molar-refractivity contribution in [1.82, 2.24) is 20.1 Å². The maximum Gasteiger partial charge on any atom is 0.252 e. The summed E-state index contributed by atoms with van der Waals surface area (Å²) >= 11 is 1.59. The van der Waals surface area contributed by atoms with Gasteiger partial charge in [0.05, 0.1) is 6.04 Å². The molecule has 0 aliphatic rings. The van der Waals surface area contributed by atoms with Gasteiger partial charge in [-0.1, -0.05) is 35.9 Å². The first-order valence-corrected chi connectivity index (χ1v) is 8.22. The summed E-state index contributed by atoms with van der Waals surface area (Å²) in [5, 5.41) is 17.7. The normalized spacial score (nSPS) is 11.7. The minimum Gasteiger partial charge on any atom is -0.343 e. The van der Waals surface area contributed by atoms with Gasteiger partial charge in [0.15, 0.2) is 0 Å². The van der Waals surface area contributed by atoms with Gasteiger partial charge in [-0.2, -0.15) is 5.26 Å². The van der Waals surface area contributed by atoms with Crippen LogP contribution in [0.2, 0.25) is 0 Å². The van der Waals surface area contributed by atoms with Gasteiger partial charge in [-0.05, 0) is 23.9 Å². The Morgan fingerprint density at radius 3 is 2.79 bits per heavy atom. The van der Waals surface area contributed by atoms with Gasteiger partial charge in [0.1, 0.15) is 18.9 Å². The van der Waals surface area contributed by atoms with Crippen molar-refractivity contribution in [3.63, 3.8) is 0 Å². The number of aromatic nitrogens is 3. The van der Waals surface area contributed by atoms with Crippen molar-refractivity contribution in [1.29, 1.82) is 5.26 Å². The van der Waals surface area contributed by atoms with Gasteiger partial charge in [-0.15, -0.1) is 16.4 Å². The van der Waals surface area contributed by atoms with E-state index in [2.05, 4.69) is 15.4 Å². The average Bonchev–Trinajstić information content (AvgIpc) is 3.25. The Morgan fingerprint density at radius 2 is 2.17 bits per heavy atom. The van der Waals surface area contributed by atoms with Crippen LogP contribution in [0, 0.1) is 18.3 Å². The fourth-order valence-corrected chi connectivity index (χ4v) is 3.11. The van der Waals surface area contributed by atoms with Crippen LogP contribution in [0.3, 0.4) is 0 Å². The summed E-state index contributed by atoms with van der Waals surface area (Å²) < 4.78 is 1.36. The number of carbonyl (C=O) groups is 1. The van der Waals surface area contributed by atoms with E-state index in [1.807, 2.05) is 54.8 Å². The monoisotopic (exact) mass is 337 g/mol. The van der Waals surface area contributed by atoms with E-state index in [9.17, 15) is 4.79 Å². The number of carbonyl (C=O) groups excluding carboxylic acids is 1. The summed E-state index contributed by atoms with van der Waals surface area (Å²) in [7, 11) is 0. The molecule has 1 atom stereocenters. The Bertz CT molecular complexity index is 861. The van der Waals surface area contributed by atoms with Gasteiger partial charge in [-0.25, -0.2) is 9.67 Å². The summed E-state index contributed by atoms with van der Waals surface area (Å²) in [5.41, 5.74) is 2.19.